The maximum absolute atomic E-state index is 11.8. The van der Waals surface area contributed by atoms with Gasteiger partial charge in [0.15, 0.2) is 0 Å². The first-order valence-electron chi connectivity index (χ1n) is 6.15. The number of hydrogen-bond acceptors (Lipinski definition) is 4. The molecule has 2 heterocycles. The van der Waals surface area contributed by atoms with E-state index in [-0.39, 0.29) is 6.03 Å². The van der Waals surface area contributed by atoms with Gasteiger partial charge in [0.25, 0.3) is 0 Å². The summed E-state index contributed by atoms with van der Waals surface area (Å²) < 4.78 is 6.26. The van der Waals surface area contributed by atoms with Gasteiger partial charge in [-0.25, -0.2) is 9.78 Å². The Labute approximate surface area is 119 Å². The zero-order chi connectivity index (χ0) is 13.9. The van der Waals surface area contributed by atoms with E-state index in [1.165, 1.54) is 0 Å². The minimum atomic E-state index is -0.271. The predicted octanol–water partition coefficient (Wildman–Crippen LogP) is 3.52. The summed E-state index contributed by atoms with van der Waals surface area (Å²) >= 11 is 1.64. The summed E-state index contributed by atoms with van der Waals surface area (Å²) in [7, 11) is 0. The van der Waals surface area contributed by atoms with Crippen LogP contribution >= 0.6 is 11.3 Å². The predicted molar refractivity (Wildman–Crippen MR) is 78.9 cm³/mol. The Hall–Kier alpha value is -2.34. The number of aryl methyl sites for hydroxylation is 1. The van der Waals surface area contributed by atoms with Crippen LogP contribution in [0, 0.1) is 6.92 Å². The summed E-state index contributed by atoms with van der Waals surface area (Å²) in [6, 6.07) is 9.02. The molecule has 0 aliphatic carbocycles. The van der Waals surface area contributed by atoms with Crippen LogP contribution in [0.15, 0.2) is 41.0 Å². The Morgan fingerprint density at radius 3 is 3.10 bits per heavy atom. The number of rotatable bonds is 3. The van der Waals surface area contributed by atoms with Crippen molar-refractivity contribution in [3.8, 4) is 0 Å². The number of carbonyl (C=O) groups excluding carboxylic acids is 1. The number of thiazole rings is 1. The molecule has 0 atom stereocenters. The fourth-order valence-electron chi connectivity index (χ4n) is 1.88. The lowest BCUT2D eigenvalue weighted by atomic mass is 10.3. The van der Waals surface area contributed by atoms with Crippen molar-refractivity contribution in [2.75, 3.05) is 5.32 Å². The summed E-state index contributed by atoms with van der Waals surface area (Å²) in [6.07, 6.45) is 1.58. The number of hydrogen-bond donors (Lipinski definition) is 2. The molecule has 102 valence electrons. The monoisotopic (exact) mass is 287 g/mol. The third-order valence-corrected chi connectivity index (χ3v) is 3.71. The summed E-state index contributed by atoms with van der Waals surface area (Å²) in [6.45, 7) is 2.32. The number of urea groups is 1. The number of anilines is 1. The second-order valence-corrected chi connectivity index (χ2v) is 5.54. The molecule has 2 N–H and O–H groups in total. The highest BCUT2D eigenvalue weighted by molar-refractivity contribution is 7.18. The maximum Gasteiger partial charge on any atom is 0.319 e. The first kappa shape index (κ1) is 12.7. The molecular weight excluding hydrogens is 274 g/mol. The molecule has 20 heavy (non-hydrogen) atoms. The van der Waals surface area contributed by atoms with Gasteiger partial charge >= 0.3 is 6.03 Å². The van der Waals surface area contributed by atoms with Crippen molar-refractivity contribution in [1.29, 1.82) is 0 Å². The van der Waals surface area contributed by atoms with Crippen LogP contribution in [0.25, 0.3) is 10.2 Å². The number of benzene rings is 1. The molecule has 5 nitrogen and oxygen atoms in total. The summed E-state index contributed by atoms with van der Waals surface area (Å²) in [5, 5.41) is 6.52. The van der Waals surface area contributed by atoms with Gasteiger partial charge in [-0.1, -0.05) is 0 Å². The minimum Gasteiger partial charge on any atom is -0.467 e. The highest BCUT2D eigenvalue weighted by atomic mass is 32.1. The second-order valence-electron chi connectivity index (χ2n) is 4.30. The Balaban J connectivity index is 1.64. The van der Waals surface area contributed by atoms with Gasteiger partial charge in [-0.15, -0.1) is 11.3 Å². The van der Waals surface area contributed by atoms with E-state index < -0.39 is 0 Å². The van der Waals surface area contributed by atoms with E-state index in [1.807, 2.05) is 31.2 Å². The van der Waals surface area contributed by atoms with Crippen molar-refractivity contribution >= 4 is 33.3 Å². The zero-order valence-corrected chi connectivity index (χ0v) is 11.7. The van der Waals surface area contributed by atoms with Crippen molar-refractivity contribution in [2.24, 2.45) is 0 Å². The van der Waals surface area contributed by atoms with Crippen molar-refractivity contribution in [2.45, 2.75) is 13.5 Å². The Kier molecular flexibility index (Phi) is 3.39. The van der Waals surface area contributed by atoms with E-state index in [4.69, 9.17) is 4.42 Å². The average Bonchev–Trinajstić information content (AvgIpc) is 3.04. The standard InChI is InChI=1S/C14H13N3O2S/c1-9-16-12-7-10(4-5-13(12)20-9)17-14(18)15-8-11-3-2-6-19-11/h2-7H,8H2,1H3,(H2,15,17,18). The normalized spacial score (nSPS) is 10.7. The van der Waals surface area contributed by atoms with Crippen LogP contribution in [0.3, 0.4) is 0 Å². The number of amides is 2. The molecule has 0 saturated carbocycles. The van der Waals surface area contributed by atoms with Crippen molar-refractivity contribution in [1.82, 2.24) is 10.3 Å². The molecule has 2 amide bonds. The van der Waals surface area contributed by atoms with Crippen LogP contribution in [0.5, 0.6) is 0 Å². The molecule has 3 rings (SSSR count). The lowest BCUT2D eigenvalue weighted by molar-refractivity contribution is 0.251. The van der Waals surface area contributed by atoms with Crippen LogP contribution in [0.1, 0.15) is 10.8 Å². The first-order chi connectivity index (χ1) is 9.70. The van der Waals surface area contributed by atoms with Gasteiger partial charge in [0, 0.05) is 5.69 Å². The molecule has 0 bridgehead atoms. The molecule has 2 aromatic heterocycles. The van der Waals surface area contributed by atoms with Crippen molar-refractivity contribution in [3.63, 3.8) is 0 Å². The molecule has 0 fully saturated rings. The quantitative estimate of drug-likeness (QED) is 0.774. The van der Waals surface area contributed by atoms with E-state index in [0.29, 0.717) is 12.3 Å². The molecule has 0 aliphatic heterocycles. The van der Waals surface area contributed by atoms with Gasteiger partial charge in [0.05, 0.1) is 28.0 Å². The van der Waals surface area contributed by atoms with Crippen molar-refractivity contribution < 1.29 is 9.21 Å². The van der Waals surface area contributed by atoms with Crippen LogP contribution in [-0.4, -0.2) is 11.0 Å². The Morgan fingerprint density at radius 2 is 2.30 bits per heavy atom. The van der Waals surface area contributed by atoms with Crippen LogP contribution < -0.4 is 10.6 Å². The number of aromatic nitrogens is 1. The number of nitrogens with one attached hydrogen (secondary N) is 2. The van der Waals surface area contributed by atoms with Crippen molar-refractivity contribution in [3.05, 3.63) is 47.4 Å². The molecule has 0 aliphatic rings. The van der Waals surface area contributed by atoms with E-state index in [2.05, 4.69) is 15.6 Å². The molecule has 0 spiro atoms. The third-order valence-electron chi connectivity index (χ3n) is 2.76. The van der Waals surface area contributed by atoms with Crippen LogP contribution in [0.2, 0.25) is 0 Å². The molecule has 3 aromatic rings. The molecular formula is C14H13N3O2S. The number of furan rings is 1. The number of fused-ring (bicyclic) bond motifs is 1. The SMILES string of the molecule is Cc1nc2cc(NC(=O)NCc3ccco3)ccc2s1. The lowest BCUT2D eigenvalue weighted by Gasteiger charge is -2.06. The molecule has 0 unspecified atom stereocenters. The summed E-state index contributed by atoms with van der Waals surface area (Å²) in [5.74, 6) is 0.714. The van der Waals surface area contributed by atoms with Gasteiger partial charge in [0.2, 0.25) is 0 Å². The first-order valence-corrected chi connectivity index (χ1v) is 6.97. The maximum atomic E-state index is 11.8. The fourth-order valence-corrected chi connectivity index (χ4v) is 2.68. The second kappa shape index (κ2) is 5.34. The summed E-state index contributed by atoms with van der Waals surface area (Å²) in [5.41, 5.74) is 1.62. The van der Waals surface area contributed by atoms with Crippen LogP contribution in [-0.2, 0) is 6.54 Å². The largest absolute Gasteiger partial charge is 0.467 e. The highest BCUT2D eigenvalue weighted by Crippen LogP contribution is 2.24. The molecule has 6 heteroatoms. The summed E-state index contributed by atoms with van der Waals surface area (Å²) in [4.78, 5) is 16.2. The Morgan fingerprint density at radius 1 is 1.40 bits per heavy atom. The fraction of sp³-hybridized carbons (Fsp3) is 0.143. The number of nitrogens with zero attached hydrogens (tertiary/aromatic N) is 1. The molecule has 0 saturated heterocycles. The van der Waals surface area contributed by atoms with Gasteiger partial charge in [-0.3, -0.25) is 0 Å². The van der Waals surface area contributed by atoms with Crippen LogP contribution in [0.4, 0.5) is 10.5 Å². The smallest absolute Gasteiger partial charge is 0.319 e. The van der Waals surface area contributed by atoms with Gasteiger partial charge in [0.1, 0.15) is 5.76 Å². The average molecular weight is 287 g/mol. The van der Waals surface area contributed by atoms with E-state index in [9.17, 15) is 4.79 Å². The topological polar surface area (TPSA) is 67.2 Å². The minimum absolute atomic E-state index is 0.271. The van der Waals surface area contributed by atoms with E-state index in [0.717, 1.165) is 20.9 Å². The zero-order valence-electron chi connectivity index (χ0n) is 10.8. The van der Waals surface area contributed by atoms with E-state index >= 15 is 0 Å². The third kappa shape index (κ3) is 2.80. The lowest BCUT2D eigenvalue weighted by Crippen LogP contribution is -2.27. The van der Waals surface area contributed by atoms with Gasteiger partial charge < -0.3 is 15.1 Å². The highest BCUT2D eigenvalue weighted by Gasteiger charge is 2.05. The number of carbonyl (C=O) groups is 1. The van der Waals surface area contributed by atoms with Gasteiger partial charge in [-0.05, 0) is 37.3 Å². The molecule has 0 radical (unpaired) electrons. The van der Waals surface area contributed by atoms with Gasteiger partial charge in [-0.2, -0.15) is 0 Å². The molecule has 1 aromatic carbocycles. The van der Waals surface area contributed by atoms with E-state index in [1.54, 1.807) is 23.7 Å². The Bertz CT molecular complexity index is 734.